The molecule has 4 nitrogen and oxygen atoms in total. The SMILES string of the molecule is CC(C)C(CCO)NC(=O)c1cccc(Cl)n1. The van der Waals surface area contributed by atoms with Gasteiger partial charge in [-0.15, -0.1) is 0 Å². The molecule has 1 rings (SSSR count). The van der Waals surface area contributed by atoms with Gasteiger partial charge in [-0.3, -0.25) is 4.79 Å². The van der Waals surface area contributed by atoms with Gasteiger partial charge in [-0.2, -0.15) is 0 Å². The molecule has 0 bridgehead atoms. The Labute approximate surface area is 106 Å². The molecule has 1 aromatic heterocycles. The van der Waals surface area contributed by atoms with Crippen molar-refractivity contribution < 1.29 is 9.90 Å². The molecule has 0 aliphatic rings. The summed E-state index contributed by atoms with van der Waals surface area (Å²) in [4.78, 5) is 15.8. The van der Waals surface area contributed by atoms with Crippen molar-refractivity contribution in [1.29, 1.82) is 0 Å². The van der Waals surface area contributed by atoms with Gasteiger partial charge in [0, 0.05) is 12.6 Å². The first-order chi connectivity index (χ1) is 8.04. The Kier molecular flexibility index (Phi) is 5.38. The van der Waals surface area contributed by atoms with E-state index < -0.39 is 0 Å². The van der Waals surface area contributed by atoms with E-state index in [9.17, 15) is 4.79 Å². The summed E-state index contributed by atoms with van der Waals surface area (Å²) in [5.41, 5.74) is 0.293. The fraction of sp³-hybridized carbons (Fsp3) is 0.500. The van der Waals surface area contributed by atoms with E-state index in [1.165, 1.54) is 0 Å². The summed E-state index contributed by atoms with van der Waals surface area (Å²) in [6, 6.07) is 4.85. The minimum atomic E-state index is -0.264. The van der Waals surface area contributed by atoms with Crippen LogP contribution in [0.3, 0.4) is 0 Å². The van der Waals surface area contributed by atoms with Crippen LogP contribution in [0.1, 0.15) is 30.8 Å². The smallest absolute Gasteiger partial charge is 0.270 e. The van der Waals surface area contributed by atoms with Crippen molar-refractivity contribution in [2.75, 3.05) is 6.61 Å². The van der Waals surface area contributed by atoms with Crippen LogP contribution in [0.5, 0.6) is 0 Å². The van der Waals surface area contributed by atoms with Crippen LogP contribution in [-0.4, -0.2) is 28.6 Å². The zero-order valence-corrected chi connectivity index (χ0v) is 10.7. The highest BCUT2D eigenvalue weighted by molar-refractivity contribution is 6.29. The highest BCUT2D eigenvalue weighted by Gasteiger charge is 2.17. The molecule has 0 saturated heterocycles. The molecule has 0 radical (unpaired) electrons. The number of amides is 1. The predicted octanol–water partition coefficient (Wildman–Crippen LogP) is 1.87. The molecule has 17 heavy (non-hydrogen) atoms. The second-order valence-corrected chi connectivity index (χ2v) is 4.57. The first-order valence-electron chi connectivity index (χ1n) is 5.59. The fourth-order valence-corrected chi connectivity index (χ4v) is 1.65. The number of aliphatic hydroxyl groups excluding tert-OH is 1. The topological polar surface area (TPSA) is 62.2 Å². The Morgan fingerprint density at radius 3 is 2.76 bits per heavy atom. The first-order valence-corrected chi connectivity index (χ1v) is 5.96. The van der Waals surface area contributed by atoms with Gasteiger partial charge in [0.1, 0.15) is 10.8 Å². The van der Waals surface area contributed by atoms with E-state index in [0.29, 0.717) is 17.3 Å². The van der Waals surface area contributed by atoms with Crippen molar-refractivity contribution >= 4 is 17.5 Å². The molecule has 0 fully saturated rings. The van der Waals surface area contributed by atoms with E-state index in [1.807, 2.05) is 13.8 Å². The molecule has 0 spiro atoms. The van der Waals surface area contributed by atoms with Crippen molar-refractivity contribution in [3.63, 3.8) is 0 Å². The average molecular weight is 257 g/mol. The molecule has 1 amide bonds. The maximum absolute atomic E-state index is 11.9. The number of nitrogens with one attached hydrogen (secondary N) is 1. The van der Waals surface area contributed by atoms with Crippen LogP contribution in [0.4, 0.5) is 0 Å². The Morgan fingerprint density at radius 2 is 2.24 bits per heavy atom. The molecular weight excluding hydrogens is 240 g/mol. The maximum Gasteiger partial charge on any atom is 0.270 e. The first kappa shape index (κ1) is 13.9. The zero-order valence-electron chi connectivity index (χ0n) is 9.98. The quantitative estimate of drug-likeness (QED) is 0.791. The molecular formula is C12H17ClN2O2. The van der Waals surface area contributed by atoms with E-state index in [-0.39, 0.29) is 24.5 Å². The number of hydrogen-bond acceptors (Lipinski definition) is 3. The molecule has 0 aliphatic heterocycles. The summed E-state index contributed by atoms with van der Waals surface area (Å²) < 4.78 is 0. The number of halogens is 1. The average Bonchev–Trinajstić information content (AvgIpc) is 2.28. The lowest BCUT2D eigenvalue weighted by Crippen LogP contribution is -2.39. The highest BCUT2D eigenvalue weighted by Crippen LogP contribution is 2.09. The number of aromatic nitrogens is 1. The van der Waals surface area contributed by atoms with Crippen LogP contribution in [0.2, 0.25) is 5.15 Å². The van der Waals surface area contributed by atoms with E-state index >= 15 is 0 Å². The van der Waals surface area contributed by atoms with Crippen molar-refractivity contribution in [1.82, 2.24) is 10.3 Å². The molecule has 94 valence electrons. The predicted molar refractivity (Wildman–Crippen MR) is 67.0 cm³/mol. The summed E-state index contributed by atoms with van der Waals surface area (Å²) in [6.07, 6.45) is 0.532. The molecule has 1 unspecified atom stereocenters. The number of carbonyl (C=O) groups excluding carboxylic acids is 1. The Bertz CT molecular complexity index is 383. The fourth-order valence-electron chi connectivity index (χ4n) is 1.49. The lowest BCUT2D eigenvalue weighted by Gasteiger charge is -2.21. The minimum Gasteiger partial charge on any atom is -0.396 e. The van der Waals surface area contributed by atoms with Gasteiger partial charge < -0.3 is 10.4 Å². The van der Waals surface area contributed by atoms with Crippen LogP contribution in [-0.2, 0) is 0 Å². The summed E-state index contributed by atoms with van der Waals surface area (Å²) in [5.74, 6) is -0.00932. The summed E-state index contributed by atoms with van der Waals surface area (Å²) in [6.45, 7) is 4.03. The third-order valence-corrected chi connectivity index (χ3v) is 2.72. The number of aliphatic hydroxyl groups is 1. The Hall–Kier alpha value is -1.13. The molecule has 0 saturated carbocycles. The second-order valence-electron chi connectivity index (χ2n) is 4.18. The van der Waals surface area contributed by atoms with E-state index in [4.69, 9.17) is 16.7 Å². The summed E-state index contributed by atoms with van der Waals surface area (Å²) in [5, 5.41) is 12.1. The van der Waals surface area contributed by atoms with E-state index in [1.54, 1.807) is 18.2 Å². The summed E-state index contributed by atoms with van der Waals surface area (Å²) >= 11 is 5.72. The summed E-state index contributed by atoms with van der Waals surface area (Å²) in [7, 11) is 0. The van der Waals surface area contributed by atoms with Gasteiger partial charge in [0.2, 0.25) is 0 Å². The van der Waals surface area contributed by atoms with Crippen molar-refractivity contribution in [2.24, 2.45) is 5.92 Å². The molecule has 2 N–H and O–H groups in total. The van der Waals surface area contributed by atoms with Crippen molar-refractivity contribution in [2.45, 2.75) is 26.3 Å². The molecule has 1 aromatic rings. The van der Waals surface area contributed by atoms with Crippen molar-refractivity contribution in [3.8, 4) is 0 Å². The Morgan fingerprint density at radius 1 is 1.53 bits per heavy atom. The monoisotopic (exact) mass is 256 g/mol. The lowest BCUT2D eigenvalue weighted by molar-refractivity contribution is 0.0911. The van der Waals surface area contributed by atoms with Gasteiger partial charge in [-0.25, -0.2) is 4.98 Å². The van der Waals surface area contributed by atoms with Crippen LogP contribution in [0.25, 0.3) is 0 Å². The molecule has 5 heteroatoms. The minimum absolute atomic E-state index is 0.0477. The Balaban J connectivity index is 2.70. The largest absolute Gasteiger partial charge is 0.396 e. The van der Waals surface area contributed by atoms with E-state index in [0.717, 1.165) is 0 Å². The van der Waals surface area contributed by atoms with Gasteiger partial charge in [0.15, 0.2) is 0 Å². The van der Waals surface area contributed by atoms with Crippen LogP contribution < -0.4 is 5.32 Å². The van der Waals surface area contributed by atoms with Gasteiger partial charge in [0.25, 0.3) is 5.91 Å². The number of carbonyl (C=O) groups is 1. The number of rotatable bonds is 5. The lowest BCUT2D eigenvalue weighted by atomic mass is 10.0. The molecule has 1 heterocycles. The van der Waals surface area contributed by atoms with Crippen LogP contribution >= 0.6 is 11.6 Å². The second kappa shape index (κ2) is 6.57. The number of pyridine rings is 1. The standard InChI is InChI=1S/C12H17ClN2O2/c1-8(2)9(6-7-16)15-12(17)10-4-3-5-11(13)14-10/h3-5,8-9,16H,6-7H2,1-2H3,(H,15,17). The molecule has 1 atom stereocenters. The van der Waals surface area contributed by atoms with Crippen LogP contribution in [0.15, 0.2) is 18.2 Å². The normalized spacial score (nSPS) is 12.5. The van der Waals surface area contributed by atoms with Gasteiger partial charge in [-0.1, -0.05) is 31.5 Å². The molecule has 0 aliphatic carbocycles. The van der Waals surface area contributed by atoms with Gasteiger partial charge in [0.05, 0.1) is 0 Å². The third kappa shape index (κ3) is 4.32. The third-order valence-electron chi connectivity index (χ3n) is 2.51. The zero-order chi connectivity index (χ0) is 12.8. The van der Waals surface area contributed by atoms with E-state index in [2.05, 4.69) is 10.3 Å². The highest BCUT2D eigenvalue weighted by atomic mass is 35.5. The van der Waals surface area contributed by atoms with Crippen molar-refractivity contribution in [3.05, 3.63) is 29.0 Å². The number of nitrogens with zero attached hydrogens (tertiary/aromatic N) is 1. The number of hydrogen-bond donors (Lipinski definition) is 2. The van der Waals surface area contributed by atoms with Crippen LogP contribution in [0, 0.1) is 5.92 Å². The van der Waals surface area contributed by atoms with Gasteiger partial charge in [-0.05, 0) is 24.5 Å². The van der Waals surface area contributed by atoms with Gasteiger partial charge >= 0.3 is 0 Å². The maximum atomic E-state index is 11.9. The molecule has 0 aromatic carbocycles.